The summed E-state index contributed by atoms with van der Waals surface area (Å²) in [6.07, 6.45) is -6.95. The summed E-state index contributed by atoms with van der Waals surface area (Å²) in [6.45, 7) is -1.19. The van der Waals surface area contributed by atoms with Crippen molar-refractivity contribution in [2.75, 3.05) is 13.2 Å². The molecule has 0 unspecified atom stereocenters. The van der Waals surface area contributed by atoms with E-state index in [0.29, 0.717) is 0 Å². The molecule has 4 N–H and O–H groups in total. The van der Waals surface area contributed by atoms with Crippen LogP contribution in [0.25, 0.3) is 0 Å². The zero-order valence-corrected chi connectivity index (χ0v) is 14.9. The molecule has 8 heteroatoms. The van der Waals surface area contributed by atoms with Crippen LogP contribution in [0, 0.1) is 0 Å². The van der Waals surface area contributed by atoms with Crippen LogP contribution in [0.3, 0.4) is 0 Å². The number of esters is 2. The van der Waals surface area contributed by atoms with Crippen LogP contribution in [-0.2, 0) is 9.47 Å². The molecule has 0 aliphatic rings. The van der Waals surface area contributed by atoms with E-state index in [0.717, 1.165) is 0 Å². The van der Waals surface area contributed by atoms with Gasteiger partial charge in [0.2, 0.25) is 0 Å². The van der Waals surface area contributed by atoms with Gasteiger partial charge in [-0.1, -0.05) is 36.4 Å². The van der Waals surface area contributed by atoms with E-state index in [9.17, 15) is 30.0 Å². The maximum atomic E-state index is 11.8. The van der Waals surface area contributed by atoms with E-state index in [1.807, 2.05) is 0 Å². The normalized spacial score (nSPS) is 15.1. The average molecular weight is 390 g/mol. The third-order valence-corrected chi connectivity index (χ3v) is 3.93. The Bertz CT molecular complexity index is 684. The zero-order valence-electron chi connectivity index (χ0n) is 14.9. The number of carbonyl (C=O) groups excluding carboxylic acids is 2. The fourth-order valence-electron chi connectivity index (χ4n) is 2.29. The Morgan fingerprint density at radius 1 is 0.643 bits per heavy atom. The molecule has 0 heterocycles. The Morgan fingerprint density at radius 3 is 1.29 bits per heavy atom. The summed E-state index contributed by atoms with van der Waals surface area (Å²) in [5.74, 6) is -1.42. The summed E-state index contributed by atoms with van der Waals surface area (Å²) in [4.78, 5) is 23.6. The van der Waals surface area contributed by atoms with Crippen LogP contribution in [0.4, 0.5) is 0 Å². The molecule has 0 bridgehead atoms. The van der Waals surface area contributed by atoms with Gasteiger partial charge in [-0.3, -0.25) is 0 Å². The Kier molecular flexibility index (Phi) is 8.09. The predicted molar refractivity (Wildman–Crippen MR) is 97.5 cm³/mol. The number of hydrogen-bond acceptors (Lipinski definition) is 8. The van der Waals surface area contributed by atoms with Crippen LogP contribution < -0.4 is 0 Å². The fraction of sp³-hybridized carbons (Fsp3) is 0.300. The van der Waals surface area contributed by atoms with Gasteiger partial charge in [0.1, 0.15) is 37.6 Å². The fourth-order valence-corrected chi connectivity index (χ4v) is 2.29. The van der Waals surface area contributed by atoms with E-state index in [4.69, 9.17) is 9.47 Å². The van der Waals surface area contributed by atoms with Gasteiger partial charge in [-0.05, 0) is 24.3 Å². The van der Waals surface area contributed by atoms with E-state index >= 15 is 0 Å². The average Bonchev–Trinajstić information content (AvgIpc) is 2.75. The van der Waals surface area contributed by atoms with Crippen molar-refractivity contribution in [3.8, 4) is 0 Å². The molecule has 2 rings (SSSR count). The molecule has 0 aromatic heterocycles. The summed E-state index contributed by atoms with van der Waals surface area (Å²) in [7, 11) is 0. The lowest BCUT2D eigenvalue weighted by molar-refractivity contribution is -0.125. The first kappa shape index (κ1) is 21.5. The lowest BCUT2D eigenvalue weighted by atomic mass is 10.0. The second-order valence-corrected chi connectivity index (χ2v) is 6.04. The molecule has 0 aliphatic heterocycles. The number of aliphatic hydroxyl groups is 4. The molecule has 2 aromatic rings. The van der Waals surface area contributed by atoms with E-state index in [-0.39, 0.29) is 11.1 Å². The van der Waals surface area contributed by atoms with Gasteiger partial charge in [0.15, 0.2) is 0 Å². The van der Waals surface area contributed by atoms with Crippen molar-refractivity contribution in [2.45, 2.75) is 24.4 Å². The van der Waals surface area contributed by atoms with Gasteiger partial charge in [-0.15, -0.1) is 0 Å². The third-order valence-electron chi connectivity index (χ3n) is 3.93. The van der Waals surface area contributed by atoms with Crippen molar-refractivity contribution in [1.29, 1.82) is 0 Å². The van der Waals surface area contributed by atoms with E-state index in [1.165, 1.54) is 24.3 Å². The first-order valence-electron chi connectivity index (χ1n) is 8.56. The first-order valence-corrected chi connectivity index (χ1v) is 8.56. The first-order chi connectivity index (χ1) is 13.4. The second-order valence-electron chi connectivity index (χ2n) is 6.04. The monoisotopic (exact) mass is 390 g/mol. The lowest BCUT2D eigenvalue weighted by Gasteiger charge is -2.26. The van der Waals surface area contributed by atoms with Crippen molar-refractivity contribution < 1.29 is 39.5 Å². The van der Waals surface area contributed by atoms with Gasteiger partial charge < -0.3 is 29.9 Å². The number of aliphatic hydroxyl groups excluding tert-OH is 4. The van der Waals surface area contributed by atoms with E-state index in [2.05, 4.69) is 0 Å². The summed E-state index contributed by atoms with van der Waals surface area (Å²) < 4.78 is 9.74. The van der Waals surface area contributed by atoms with Crippen LogP contribution in [0.5, 0.6) is 0 Å². The molecule has 8 nitrogen and oxygen atoms in total. The molecule has 4 atom stereocenters. The molecule has 2 aromatic carbocycles. The second kappa shape index (κ2) is 10.5. The van der Waals surface area contributed by atoms with Gasteiger partial charge in [0.25, 0.3) is 0 Å². The minimum Gasteiger partial charge on any atom is -0.459 e. The highest BCUT2D eigenvalue weighted by Gasteiger charge is 2.32. The Labute approximate surface area is 161 Å². The number of hydrogen-bond donors (Lipinski definition) is 4. The Hall–Kier alpha value is -2.78. The number of ether oxygens (including phenoxy) is 2. The molecular weight excluding hydrogens is 368 g/mol. The maximum absolute atomic E-state index is 11.8. The van der Waals surface area contributed by atoms with Crippen LogP contribution in [0.1, 0.15) is 20.7 Å². The van der Waals surface area contributed by atoms with Crippen LogP contribution in [-0.4, -0.2) is 70.0 Å². The topological polar surface area (TPSA) is 134 Å². The highest BCUT2D eigenvalue weighted by atomic mass is 16.5. The van der Waals surface area contributed by atoms with Gasteiger partial charge in [0.05, 0.1) is 11.1 Å². The Morgan fingerprint density at radius 2 is 0.964 bits per heavy atom. The third kappa shape index (κ3) is 6.14. The number of rotatable bonds is 9. The summed E-state index contributed by atoms with van der Waals surface area (Å²) in [5.41, 5.74) is 0.523. The molecule has 0 aliphatic carbocycles. The van der Waals surface area contributed by atoms with Gasteiger partial charge in [0, 0.05) is 0 Å². The molecule has 0 fully saturated rings. The predicted octanol–water partition coefficient (Wildman–Crippen LogP) is 0.144. The Balaban J connectivity index is 1.79. The highest BCUT2D eigenvalue weighted by Crippen LogP contribution is 2.09. The quantitative estimate of drug-likeness (QED) is 0.445. The minimum atomic E-state index is -1.82. The number of carbonyl (C=O) groups is 2. The smallest absolute Gasteiger partial charge is 0.338 e. The molecule has 150 valence electrons. The largest absolute Gasteiger partial charge is 0.459 e. The zero-order chi connectivity index (χ0) is 20.5. The molecule has 0 amide bonds. The molecule has 0 saturated carbocycles. The molecule has 28 heavy (non-hydrogen) atoms. The lowest BCUT2D eigenvalue weighted by Crippen LogP contribution is -2.48. The van der Waals surface area contributed by atoms with Crippen LogP contribution in [0.15, 0.2) is 60.7 Å². The highest BCUT2D eigenvalue weighted by molar-refractivity contribution is 5.89. The minimum absolute atomic E-state index is 0.262. The molecule has 0 spiro atoms. The van der Waals surface area contributed by atoms with Gasteiger partial charge in [-0.25, -0.2) is 9.59 Å². The molecule has 0 saturated heterocycles. The van der Waals surface area contributed by atoms with Crippen molar-refractivity contribution in [3.05, 3.63) is 71.8 Å². The summed E-state index contributed by atoms with van der Waals surface area (Å²) in [6, 6.07) is 16.1. The maximum Gasteiger partial charge on any atom is 0.338 e. The van der Waals surface area contributed by atoms with Crippen molar-refractivity contribution in [2.24, 2.45) is 0 Å². The van der Waals surface area contributed by atoms with Crippen LogP contribution in [0.2, 0.25) is 0 Å². The number of benzene rings is 2. The molecular formula is C20H22O8. The standard InChI is InChI=1S/C20H22O8/c21-15(11-27-19(25)13-7-3-1-4-8-13)17(23)18(24)16(22)12-28-20(26)14-9-5-2-6-10-14/h1-10,15-18,21-24H,11-12H2/t15-,16+,17-,18+. The summed E-state index contributed by atoms with van der Waals surface area (Å²) in [5, 5.41) is 39.6. The van der Waals surface area contributed by atoms with E-state index < -0.39 is 49.6 Å². The van der Waals surface area contributed by atoms with Crippen LogP contribution >= 0.6 is 0 Å². The molecule has 0 radical (unpaired) electrons. The van der Waals surface area contributed by atoms with Crippen molar-refractivity contribution >= 4 is 11.9 Å². The SMILES string of the molecule is O=C(OC[C@@H](O)[C@@H](O)[C@@H](O)[C@@H](O)COC(=O)c1ccccc1)c1ccccc1. The summed E-state index contributed by atoms with van der Waals surface area (Å²) >= 11 is 0. The van der Waals surface area contributed by atoms with Crippen molar-refractivity contribution in [1.82, 2.24) is 0 Å². The van der Waals surface area contributed by atoms with Gasteiger partial charge >= 0.3 is 11.9 Å². The van der Waals surface area contributed by atoms with Gasteiger partial charge in [-0.2, -0.15) is 0 Å². The van der Waals surface area contributed by atoms with Crippen molar-refractivity contribution in [3.63, 3.8) is 0 Å². The van der Waals surface area contributed by atoms with E-state index in [1.54, 1.807) is 36.4 Å².